The molecule has 0 aromatic rings. The van der Waals surface area contributed by atoms with Gasteiger partial charge in [-0.3, -0.25) is 9.59 Å². The van der Waals surface area contributed by atoms with Gasteiger partial charge in [-0.25, -0.2) is 0 Å². The Morgan fingerprint density at radius 1 is 1.17 bits per heavy atom. The van der Waals surface area contributed by atoms with Crippen molar-refractivity contribution in [3.05, 3.63) is 0 Å². The maximum atomic E-state index is 12.6. The fourth-order valence-electron chi connectivity index (χ4n) is 4.36. The molecule has 2 saturated carbocycles. The number of fused-ring (bicyclic) bond motifs is 1. The molecule has 1 unspecified atom stereocenters. The second-order valence-corrected chi connectivity index (χ2v) is 7.95. The summed E-state index contributed by atoms with van der Waals surface area (Å²) < 4.78 is 5.37. The molecule has 1 spiro atoms. The van der Waals surface area contributed by atoms with Crippen LogP contribution < -0.4 is 5.32 Å². The molecule has 2 aliphatic carbocycles. The Bertz CT molecular complexity index is 597. The minimum Gasteiger partial charge on any atom is -0.388 e. The Morgan fingerprint density at radius 3 is 2.54 bits per heavy atom. The first-order valence-corrected chi connectivity index (χ1v) is 9.08. The zero-order valence-corrected chi connectivity index (χ0v) is 13.7. The van der Waals surface area contributed by atoms with Crippen molar-refractivity contribution in [3.63, 3.8) is 0 Å². The number of piperidine rings is 1. The summed E-state index contributed by atoms with van der Waals surface area (Å²) in [7, 11) is 0. The zero-order chi connectivity index (χ0) is 16.3. The Hall–Kier alpha value is -1.63. The minimum atomic E-state index is -0.379. The molecule has 2 saturated heterocycles. The van der Waals surface area contributed by atoms with Gasteiger partial charge >= 0.3 is 0 Å². The number of nitrogens with zero attached hydrogens (tertiary/aromatic N) is 2. The summed E-state index contributed by atoms with van der Waals surface area (Å²) in [5, 5.41) is 7.01. The van der Waals surface area contributed by atoms with Gasteiger partial charge in [-0.15, -0.1) is 0 Å². The average molecular weight is 333 g/mol. The lowest BCUT2D eigenvalue weighted by atomic mass is 9.86. The Kier molecular flexibility index (Phi) is 3.17. The van der Waals surface area contributed by atoms with Gasteiger partial charge in [0, 0.05) is 44.3 Å². The highest BCUT2D eigenvalue weighted by atomic mass is 16.7. The second-order valence-electron chi connectivity index (χ2n) is 7.95. The fourth-order valence-corrected chi connectivity index (χ4v) is 4.36. The molecule has 5 rings (SSSR count). The fraction of sp³-hybridized carbons (Fsp3) is 0.824. The van der Waals surface area contributed by atoms with Gasteiger partial charge in [0.05, 0.1) is 13.2 Å². The van der Waals surface area contributed by atoms with Crippen molar-refractivity contribution < 1.29 is 19.2 Å². The van der Waals surface area contributed by atoms with Crippen molar-refractivity contribution in [2.75, 3.05) is 26.3 Å². The van der Waals surface area contributed by atoms with E-state index in [2.05, 4.69) is 10.5 Å². The maximum Gasteiger partial charge on any atom is 0.269 e. The summed E-state index contributed by atoms with van der Waals surface area (Å²) >= 11 is 0. The Labute approximate surface area is 140 Å². The van der Waals surface area contributed by atoms with Crippen LogP contribution >= 0.6 is 0 Å². The first-order chi connectivity index (χ1) is 11.7. The molecule has 130 valence electrons. The van der Waals surface area contributed by atoms with Gasteiger partial charge < -0.3 is 19.8 Å². The van der Waals surface area contributed by atoms with Crippen LogP contribution in [-0.4, -0.2) is 60.4 Å². The molecule has 0 bridgehead atoms. The molecular formula is C17H23N3O4. The van der Waals surface area contributed by atoms with Gasteiger partial charge in [0.15, 0.2) is 0 Å². The molecule has 7 heteroatoms. The number of hydrogen-bond donors (Lipinski definition) is 1. The molecule has 5 aliphatic rings. The van der Waals surface area contributed by atoms with Crippen LogP contribution in [0.25, 0.3) is 0 Å². The van der Waals surface area contributed by atoms with E-state index in [0.717, 1.165) is 38.9 Å². The summed E-state index contributed by atoms with van der Waals surface area (Å²) in [5.41, 5.74) is 0.130. The number of likely N-dealkylation sites (tertiary alicyclic amines) is 1. The van der Waals surface area contributed by atoms with E-state index in [1.54, 1.807) is 0 Å². The highest BCUT2D eigenvalue weighted by Gasteiger charge is 2.59. The standard InChI is InChI=1S/C17H23N3O4/c21-15(18-10-1-2-10)13-7-17(24-19-13)3-5-20(6-4-17)16(22)14-11-8-23-9-12(11)14/h10-12,14H,1-9H2,(H,18,21)/t11-,12+,14?. The van der Waals surface area contributed by atoms with E-state index in [1.807, 2.05) is 4.90 Å². The van der Waals surface area contributed by atoms with Crippen molar-refractivity contribution >= 4 is 17.5 Å². The molecule has 3 heterocycles. The van der Waals surface area contributed by atoms with E-state index >= 15 is 0 Å². The number of nitrogens with one attached hydrogen (secondary N) is 1. The molecule has 1 N–H and O–H groups in total. The normalized spacial score (nSPS) is 36.1. The number of ether oxygens (including phenoxy) is 1. The third-order valence-electron chi connectivity index (χ3n) is 6.24. The van der Waals surface area contributed by atoms with Crippen molar-refractivity contribution in [1.82, 2.24) is 10.2 Å². The second kappa shape index (κ2) is 5.18. The number of hydrogen-bond acceptors (Lipinski definition) is 5. The molecule has 2 amide bonds. The van der Waals surface area contributed by atoms with Gasteiger partial charge in [-0.05, 0) is 24.7 Å². The molecule has 3 atom stereocenters. The van der Waals surface area contributed by atoms with Crippen molar-refractivity contribution in [2.24, 2.45) is 22.9 Å². The third kappa shape index (κ3) is 2.41. The summed E-state index contributed by atoms with van der Waals surface area (Å²) in [6, 6.07) is 0.332. The minimum absolute atomic E-state index is 0.0845. The predicted molar refractivity (Wildman–Crippen MR) is 84.1 cm³/mol. The molecule has 0 radical (unpaired) electrons. The van der Waals surface area contributed by atoms with E-state index < -0.39 is 0 Å². The van der Waals surface area contributed by atoms with E-state index in [1.165, 1.54) is 0 Å². The molecule has 7 nitrogen and oxygen atoms in total. The quantitative estimate of drug-likeness (QED) is 0.805. The highest BCUT2D eigenvalue weighted by molar-refractivity contribution is 6.39. The van der Waals surface area contributed by atoms with E-state index in [0.29, 0.717) is 43.1 Å². The summed E-state index contributed by atoms with van der Waals surface area (Å²) in [6.45, 7) is 2.88. The van der Waals surface area contributed by atoms with E-state index in [9.17, 15) is 9.59 Å². The van der Waals surface area contributed by atoms with E-state index in [-0.39, 0.29) is 23.3 Å². The summed E-state index contributed by atoms with van der Waals surface area (Å²) in [5.74, 6) is 1.30. The smallest absolute Gasteiger partial charge is 0.269 e. The Balaban J connectivity index is 1.14. The first-order valence-electron chi connectivity index (χ1n) is 9.08. The largest absolute Gasteiger partial charge is 0.388 e. The number of carbonyl (C=O) groups is 2. The molecular weight excluding hydrogens is 310 g/mol. The third-order valence-corrected chi connectivity index (χ3v) is 6.24. The monoisotopic (exact) mass is 333 g/mol. The number of oxime groups is 1. The van der Waals surface area contributed by atoms with Gasteiger partial charge in [0.25, 0.3) is 5.91 Å². The van der Waals surface area contributed by atoms with Crippen LogP contribution in [0, 0.1) is 17.8 Å². The van der Waals surface area contributed by atoms with Crippen LogP contribution in [0.3, 0.4) is 0 Å². The number of rotatable bonds is 3. The van der Waals surface area contributed by atoms with Crippen LogP contribution in [-0.2, 0) is 19.2 Å². The van der Waals surface area contributed by atoms with Crippen LogP contribution in [0.15, 0.2) is 5.16 Å². The summed E-state index contributed by atoms with van der Waals surface area (Å²) in [4.78, 5) is 32.4. The highest BCUT2D eigenvalue weighted by Crippen LogP contribution is 2.52. The number of carbonyl (C=O) groups excluding carboxylic acids is 2. The van der Waals surface area contributed by atoms with Crippen molar-refractivity contribution in [1.29, 1.82) is 0 Å². The van der Waals surface area contributed by atoms with Gasteiger partial charge in [0.1, 0.15) is 11.3 Å². The van der Waals surface area contributed by atoms with Crippen molar-refractivity contribution in [2.45, 2.75) is 43.7 Å². The molecule has 4 fully saturated rings. The van der Waals surface area contributed by atoms with Crippen LogP contribution in [0.4, 0.5) is 0 Å². The molecule has 0 aromatic carbocycles. The van der Waals surface area contributed by atoms with Crippen LogP contribution in [0.1, 0.15) is 32.1 Å². The molecule has 3 aliphatic heterocycles. The topological polar surface area (TPSA) is 80.2 Å². The maximum absolute atomic E-state index is 12.6. The lowest BCUT2D eigenvalue weighted by molar-refractivity contribution is -0.139. The van der Waals surface area contributed by atoms with Gasteiger partial charge in [-0.1, -0.05) is 5.16 Å². The predicted octanol–water partition coefficient (Wildman–Crippen LogP) is 0.295. The lowest BCUT2D eigenvalue weighted by Gasteiger charge is -2.37. The lowest BCUT2D eigenvalue weighted by Crippen LogP contribution is -2.48. The summed E-state index contributed by atoms with van der Waals surface area (Å²) in [6.07, 6.45) is 4.20. The van der Waals surface area contributed by atoms with Crippen LogP contribution in [0.2, 0.25) is 0 Å². The average Bonchev–Trinajstić information content (AvgIpc) is 3.44. The van der Waals surface area contributed by atoms with Gasteiger partial charge in [0.2, 0.25) is 5.91 Å². The SMILES string of the molecule is O=C(NC1CC1)C1=NOC2(CCN(C(=O)C3[C@H]4COC[C@@H]34)CC2)C1. The van der Waals surface area contributed by atoms with E-state index in [4.69, 9.17) is 9.57 Å². The molecule has 0 aromatic heterocycles. The number of amides is 2. The Morgan fingerprint density at radius 2 is 1.88 bits per heavy atom. The molecule has 24 heavy (non-hydrogen) atoms. The van der Waals surface area contributed by atoms with Crippen molar-refractivity contribution in [3.8, 4) is 0 Å². The van der Waals surface area contributed by atoms with Gasteiger partial charge in [-0.2, -0.15) is 0 Å². The van der Waals surface area contributed by atoms with Crippen LogP contribution in [0.5, 0.6) is 0 Å². The zero-order valence-electron chi connectivity index (χ0n) is 13.7. The first kappa shape index (κ1) is 14.7.